The molecule has 2 aromatic heterocycles. The van der Waals surface area contributed by atoms with Crippen molar-refractivity contribution in [1.82, 2.24) is 15.3 Å². The molecule has 0 saturated carbocycles. The highest BCUT2D eigenvalue weighted by molar-refractivity contribution is 5.94. The number of hydrogen-bond donors (Lipinski definition) is 3. The van der Waals surface area contributed by atoms with Crippen LogP contribution >= 0.6 is 0 Å². The van der Waals surface area contributed by atoms with Gasteiger partial charge < -0.3 is 16.0 Å². The van der Waals surface area contributed by atoms with E-state index in [4.69, 9.17) is 1.37 Å². The normalized spacial score (nSPS) is 12.9. The monoisotopic (exact) mass is 688 g/mol. The Hall–Kier alpha value is -4.02. The van der Waals surface area contributed by atoms with Gasteiger partial charge in [0.25, 0.3) is 0 Å². The smallest absolute Gasteiger partial charge is 0.384 e. The summed E-state index contributed by atoms with van der Waals surface area (Å²) in [5, 5.41) is 8.31. The quantitative estimate of drug-likeness (QED) is 0.108. The average molecular weight is 689 g/mol. The van der Waals surface area contributed by atoms with Gasteiger partial charge >= 0.3 is 24.7 Å². The highest BCUT2D eigenvalue weighted by Gasteiger charge is 2.38. The summed E-state index contributed by atoms with van der Waals surface area (Å²) in [6.07, 6.45) is -18.5. The van der Waals surface area contributed by atoms with Crippen molar-refractivity contribution in [1.29, 1.82) is 0 Å². The van der Waals surface area contributed by atoms with Crippen LogP contribution < -0.4 is 16.0 Å². The maximum Gasteiger partial charge on any atom is 0.433 e. The summed E-state index contributed by atoms with van der Waals surface area (Å²) in [5.74, 6) is 0. The Labute approximate surface area is 262 Å². The molecular weight excluding hydrogens is 658 g/mol. The summed E-state index contributed by atoms with van der Waals surface area (Å²) in [5.41, 5.74) is -7.48. The number of pyridine rings is 2. The molecule has 0 atom stereocenters. The molecule has 0 aliphatic heterocycles. The molecule has 2 aromatic carbocycles. The molecule has 47 heavy (non-hydrogen) atoms. The second-order valence-corrected chi connectivity index (χ2v) is 10.2. The minimum atomic E-state index is -4.98. The van der Waals surface area contributed by atoms with Gasteiger partial charge in [0, 0.05) is 36.6 Å². The van der Waals surface area contributed by atoms with Crippen molar-refractivity contribution in [3.63, 3.8) is 0 Å². The third-order valence-corrected chi connectivity index (χ3v) is 6.81. The Bertz CT molecular complexity index is 1540. The van der Waals surface area contributed by atoms with E-state index in [1.807, 2.05) is 0 Å². The number of nitrogens with one attached hydrogen (secondary N) is 3. The van der Waals surface area contributed by atoms with Gasteiger partial charge in [-0.25, -0.2) is 9.97 Å². The molecule has 0 aliphatic carbocycles. The predicted octanol–water partition coefficient (Wildman–Crippen LogP) is 9.78. The fourth-order valence-electron chi connectivity index (χ4n) is 4.70. The average Bonchev–Trinajstić information content (AvgIpc) is 3.00. The van der Waals surface area contributed by atoms with Gasteiger partial charge in [-0.1, -0.05) is 31.7 Å². The fourth-order valence-corrected chi connectivity index (χ4v) is 4.70. The number of alkyl halides is 12. The van der Waals surface area contributed by atoms with Crippen LogP contribution in [0.15, 0.2) is 48.5 Å². The van der Waals surface area contributed by atoms with E-state index >= 15 is 0 Å². The third kappa shape index (κ3) is 9.29. The van der Waals surface area contributed by atoms with Crippen molar-refractivity contribution < 1.29 is 54.1 Å². The molecule has 4 rings (SSSR count). The van der Waals surface area contributed by atoms with Crippen LogP contribution in [0.2, 0.25) is 0 Å². The zero-order chi connectivity index (χ0) is 35.9. The van der Waals surface area contributed by atoms with Crippen LogP contribution in [0.4, 0.5) is 64.1 Å². The van der Waals surface area contributed by atoms with E-state index in [-0.39, 0.29) is 35.2 Å². The predicted molar refractivity (Wildman–Crippen MR) is 154 cm³/mol. The van der Waals surface area contributed by atoms with Gasteiger partial charge in [0.05, 0.1) is 22.2 Å². The van der Waals surface area contributed by atoms with Crippen molar-refractivity contribution in [3.8, 4) is 0 Å². The lowest BCUT2D eigenvalue weighted by Gasteiger charge is -2.17. The largest absolute Gasteiger partial charge is 0.433 e. The van der Waals surface area contributed by atoms with E-state index in [0.29, 0.717) is 56.6 Å². The maximum atomic E-state index is 13.4. The first-order valence-corrected chi connectivity index (χ1v) is 13.7. The third-order valence-electron chi connectivity index (χ3n) is 6.81. The summed E-state index contributed by atoms with van der Waals surface area (Å²) in [4.78, 5) is 6.46. The Kier molecular flexibility index (Phi) is 11.0. The molecule has 0 radical (unpaired) electrons. The van der Waals surface area contributed by atoms with Crippen LogP contribution in [0.3, 0.4) is 0 Å². The van der Waals surface area contributed by atoms with Crippen molar-refractivity contribution in [3.05, 3.63) is 71.0 Å². The number of nitrogens with zero attached hydrogens (tertiary/aromatic N) is 2. The Morgan fingerprint density at radius 1 is 0.532 bits per heavy atom. The Balaban J connectivity index is 0.00000307. The highest BCUT2D eigenvalue weighted by atomic mass is 19.4. The summed E-state index contributed by atoms with van der Waals surface area (Å²) in [6, 6.07) is 7.25. The molecule has 3 N–H and O–H groups in total. The standard InChI is InChI=1S/C29H25F12N5.CH4/c30-26(31,32)18-8-3-6-16-20(14-22(28(36,37)38)45-24(16)18)43-12-2-1-10-42-11-5-13-44-21-15-23(29(39,40)41)46-25-17(21)7-4-9-19(25)27(33,34)35;/h3-4,6-9,14-15,42H,1-2,5,10-13H2,(H,43,45)(H,44,46);1H4/i;1D. The molecule has 0 fully saturated rings. The van der Waals surface area contributed by atoms with Crippen LogP contribution in [-0.4, -0.2) is 36.1 Å². The highest BCUT2D eigenvalue weighted by Crippen LogP contribution is 2.40. The number of anilines is 2. The second kappa shape index (κ2) is 14.4. The first-order valence-electron chi connectivity index (χ1n) is 14.7. The van der Waals surface area contributed by atoms with Crippen LogP contribution in [0.5, 0.6) is 0 Å². The van der Waals surface area contributed by atoms with Gasteiger partial charge in [-0.2, -0.15) is 52.7 Å². The SMILES string of the molecule is FC(F)(F)c1cc(NCCCCNCCCNc2cc(C(F)(F)F)nc3c(C(F)(F)F)cccc23)c2cccc(C(F)(F)F)c2n1.[2H]C. The first kappa shape index (κ1) is 35.8. The molecule has 0 spiro atoms. The van der Waals surface area contributed by atoms with E-state index in [9.17, 15) is 52.7 Å². The minimum absolute atomic E-state index is 0.109. The summed E-state index contributed by atoms with van der Waals surface area (Å²) >= 11 is 0. The van der Waals surface area contributed by atoms with Gasteiger partial charge in [-0.15, -0.1) is 0 Å². The van der Waals surface area contributed by atoms with Crippen molar-refractivity contribution in [2.45, 2.75) is 51.4 Å². The van der Waals surface area contributed by atoms with E-state index < -0.39 is 58.3 Å². The molecule has 5 nitrogen and oxygen atoms in total. The van der Waals surface area contributed by atoms with Crippen LogP contribution in [0.25, 0.3) is 21.8 Å². The summed E-state index contributed by atoms with van der Waals surface area (Å²) in [6.45, 7) is 1.04. The number of para-hydroxylation sites is 2. The van der Waals surface area contributed by atoms with Gasteiger partial charge in [0.1, 0.15) is 11.4 Å². The first-order chi connectivity index (χ1) is 22.4. The molecule has 258 valence electrons. The number of rotatable bonds is 11. The van der Waals surface area contributed by atoms with E-state index in [2.05, 4.69) is 25.9 Å². The van der Waals surface area contributed by atoms with Crippen molar-refractivity contribution >= 4 is 33.2 Å². The van der Waals surface area contributed by atoms with Crippen LogP contribution in [0, 0.1) is 0 Å². The van der Waals surface area contributed by atoms with Crippen LogP contribution in [-0.2, 0) is 24.7 Å². The molecule has 17 heteroatoms. The molecule has 0 bridgehead atoms. The lowest BCUT2D eigenvalue weighted by Crippen LogP contribution is -2.20. The number of fused-ring (bicyclic) bond motifs is 2. The van der Waals surface area contributed by atoms with E-state index in [0.717, 1.165) is 12.1 Å². The molecule has 0 saturated heterocycles. The van der Waals surface area contributed by atoms with Gasteiger partial charge in [0.15, 0.2) is 0 Å². The van der Waals surface area contributed by atoms with Crippen LogP contribution in [0.1, 0.15) is 50.6 Å². The van der Waals surface area contributed by atoms with Gasteiger partial charge in [-0.3, -0.25) is 0 Å². The van der Waals surface area contributed by atoms with Crippen molar-refractivity contribution in [2.24, 2.45) is 0 Å². The summed E-state index contributed by atoms with van der Waals surface area (Å²) in [7, 11) is 1.25. The number of hydrogen-bond acceptors (Lipinski definition) is 5. The molecule has 0 aliphatic rings. The minimum Gasteiger partial charge on any atom is -0.384 e. The zero-order valence-corrected chi connectivity index (χ0v) is 24.5. The summed E-state index contributed by atoms with van der Waals surface area (Å²) < 4.78 is 166. The second-order valence-electron chi connectivity index (χ2n) is 10.2. The lowest BCUT2D eigenvalue weighted by molar-refractivity contribution is -0.142. The van der Waals surface area contributed by atoms with E-state index in [1.54, 1.807) is 0 Å². The fraction of sp³-hybridized carbons (Fsp3) is 0.400. The zero-order valence-electron chi connectivity index (χ0n) is 25.5. The number of benzene rings is 2. The lowest BCUT2D eigenvalue weighted by atomic mass is 10.1. The molecular formula is C30H29F12N5. The molecule has 2 heterocycles. The molecule has 4 aromatic rings. The number of aromatic nitrogens is 2. The number of halogens is 12. The van der Waals surface area contributed by atoms with Gasteiger partial charge in [0.2, 0.25) is 0 Å². The topological polar surface area (TPSA) is 61.9 Å². The molecule has 0 unspecified atom stereocenters. The number of unbranched alkanes of at least 4 members (excludes halogenated alkanes) is 1. The Morgan fingerprint density at radius 3 is 1.32 bits per heavy atom. The molecule has 0 amide bonds. The van der Waals surface area contributed by atoms with Crippen molar-refractivity contribution in [2.75, 3.05) is 36.8 Å². The Morgan fingerprint density at radius 2 is 0.915 bits per heavy atom. The maximum absolute atomic E-state index is 13.4. The van der Waals surface area contributed by atoms with E-state index in [1.165, 1.54) is 19.5 Å². The van der Waals surface area contributed by atoms with Gasteiger partial charge in [-0.05, 0) is 56.6 Å².